The van der Waals surface area contributed by atoms with Gasteiger partial charge in [-0.25, -0.2) is 0 Å². The van der Waals surface area contributed by atoms with E-state index >= 15 is 0 Å². The summed E-state index contributed by atoms with van der Waals surface area (Å²) in [4.78, 5) is 0. The number of nitriles is 1. The molecule has 0 aliphatic carbocycles. The van der Waals surface area contributed by atoms with Crippen LogP contribution >= 0.6 is 0 Å². The quantitative estimate of drug-likeness (QED) is 0.185. The maximum atomic E-state index is 9.65. The van der Waals surface area contributed by atoms with Crippen molar-refractivity contribution in [1.29, 1.82) is 5.26 Å². The van der Waals surface area contributed by atoms with E-state index in [0.717, 1.165) is 71.8 Å². The van der Waals surface area contributed by atoms with E-state index < -0.39 is 0 Å². The van der Waals surface area contributed by atoms with Gasteiger partial charge in [0.1, 0.15) is 5.58 Å². The number of para-hydroxylation sites is 5. The van der Waals surface area contributed by atoms with Gasteiger partial charge in [0.15, 0.2) is 5.58 Å². The van der Waals surface area contributed by atoms with E-state index in [9.17, 15) is 5.26 Å². The molecular formula is C49H28N4O. The molecule has 0 spiro atoms. The van der Waals surface area contributed by atoms with E-state index in [4.69, 9.17) is 4.42 Å². The van der Waals surface area contributed by atoms with Crippen LogP contribution in [-0.4, -0.2) is 13.7 Å². The molecule has 0 N–H and O–H groups in total. The number of benzene rings is 8. The highest BCUT2D eigenvalue weighted by Crippen LogP contribution is 2.41. The molecule has 12 rings (SSSR count). The van der Waals surface area contributed by atoms with Crippen molar-refractivity contribution in [3.63, 3.8) is 0 Å². The molecule has 0 radical (unpaired) electrons. The molecule has 4 heterocycles. The molecule has 12 aromatic rings. The van der Waals surface area contributed by atoms with Crippen molar-refractivity contribution in [1.82, 2.24) is 13.7 Å². The van der Waals surface area contributed by atoms with Crippen LogP contribution in [0.4, 0.5) is 0 Å². The molecule has 5 nitrogen and oxygen atoms in total. The fourth-order valence-electron chi connectivity index (χ4n) is 8.97. The van der Waals surface area contributed by atoms with E-state index in [0.29, 0.717) is 5.56 Å². The molecule has 5 heteroatoms. The molecule has 0 amide bonds. The lowest BCUT2D eigenvalue weighted by Gasteiger charge is -2.10. The van der Waals surface area contributed by atoms with Crippen molar-refractivity contribution < 1.29 is 4.42 Å². The van der Waals surface area contributed by atoms with Crippen molar-refractivity contribution in [3.8, 4) is 23.1 Å². The van der Waals surface area contributed by atoms with E-state index in [1.807, 2.05) is 12.1 Å². The Bertz CT molecular complexity index is 3530. The lowest BCUT2D eigenvalue weighted by molar-refractivity contribution is 0.666. The molecule has 0 unspecified atom stereocenters. The first-order chi connectivity index (χ1) is 26.7. The highest BCUT2D eigenvalue weighted by atomic mass is 16.3. The minimum absolute atomic E-state index is 0.655. The van der Waals surface area contributed by atoms with Crippen molar-refractivity contribution in [3.05, 3.63) is 175 Å². The van der Waals surface area contributed by atoms with Gasteiger partial charge in [-0.1, -0.05) is 84.9 Å². The van der Waals surface area contributed by atoms with Crippen molar-refractivity contribution in [2.24, 2.45) is 0 Å². The summed E-state index contributed by atoms with van der Waals surface area (Å²) in [6.07, 6.45) is 0. The van der Waals surface area contributed by atoms with Crippen LogP contribution in [0.15, 0.2) is 174 Å². The van der Waals surface area contributed by atoms with Gasteiger partial charge in [0.2, 0.25) is 0 Å². The van der Waals surface area contributed by atoms with Crippen LogP contribution in [0.25, 0.3) is 104 Å². The SMILES string of the molecule is N#Cc1ccc2c(c1)c1ccccc1n2-c1ccc2oc3c(-n4c5ccccc5c5cc(-n6c7ccccc7c7ccccc76)ccc54)cccc3c2c1. The Balaban J connectivity index is 1.08. The van der Waals surface area contributed by atoms with Crippen LogP contribution in [0.2, 0.25) is 0 Å². The van der Waals surface area contributed by atoms with Gasteiger partial charge in [-0.3, -0.25) is 0 Å². The smallest absolute Gasteiger partial charge is 0.159 e. The van der Waals surface area contributed by atoms with Gasteiger partial charge in [-0.2, -0.15) is 5.26 Å². The first-order valence-corrected chi connectivity index (χ1v) is 18.2. The van der Waals surface area contributed by atoms with E-state index in [1.54, 1.807) is 0 Å². The number of hydrogen-bond donors (Lipinski definition) is 0. The Morgan fingerprint density at radius 1 is 0.370 bits per heavy atom. The zero-order chi connectivity index (χ0) is 35.5. The summed E-state index contributed by atoms with van der Waals surface area (Å²) < 4.78 is 13.8. The predicted molar refractivity (Wildman–Crippen MR) is 221 cm³/mol. The van der Waals surface area contributed by atoms with Crippen molar-refractivity contribution in [2.75, 3.05) is 0 Å². The Morgan fingerprint density at radius 2 is 0.833 bits per heavy atom. The third-order valence-electron chi connectivity index (χ3n) is 11.3. The molecule has 8 aromatic carbocycles. The van der Waals surface area contributed by atoms with Crippen molar-refractivity contribution in [2.45, 2.75) is 0 Å². The molecule has 4 aromatic heterocycles. The second kappa shape index (κ2) is 10.7. The number of furan rings is 1. The Kier molecular flexibility index (Phi) is 5.78. The second-order valence-corrected chi connectivity index (χ2v) is 14.1. The summed E-state index contributed by atoms with van der Waals surface area (Å²) in [5, 5.41) is 18.8. The number of rotatable bonds is 3. The highest BCUT2D eigenvalue weighted by molar-refractivity contribution is 6.15. The maximum Gasteiger partial charge on any atom is 0.159 e. The Morgan fingerprint density at radius 3 is 1.46 bits per heavy atom. The van der Waals surface area contributed by atoms with Crippen LogP contribution in [-0.2, 0) is 0 Å². The van der Waals surface area contributed by atoms with E-state index in [2.05, 4.69) is 177 Å². The Hall–Kier alpha value is -7.55. The van der Waals surface area contributed by atoms with Crippen LogP contribution < -0.4 is 0 Å². The topological polar surface area (TPSA) is 51.7 Å². The van der Waals surface area contributed by atoms with Gasteiger partial charge in [0.25, 0.3) is 0 Å². The second-order valence-electron chi connectivity index (χ2n) is 14.1. The van der Waals surface area contributed by atoms with Gasteiger partial charge in [-0.15, -0.1) is 0 Å². The molecule has 0 atom stereocenters. The predicted octanol–water partition coefficient (Wildman–Crippen LogP) is 12.7. The van der Waals surface area contributed by atoms with E-state index in [-0.39, 0.29) is 0 Å². The minimum atomic E-state index is 0.655. The lowest BCUT2D eigenvalue weighted by atomic mass is 10.1. The standard InChI is InChI=1S/C49H28N4O/c50-29-30-20-23-45-38(26-30)35-12-3-7-17-43(35)52(45)32-22-25-48-40(28-32)37-14-9-19-47(49(37)54-48)53-44-18-8-4-13-36(44)39-27-31(21-24-46(39)53)51-41-15-5-1-10-33(41)34-11-2-6-16-42(34)51/h1-28H. The van der Waals surface area contributed by atoms with Crippen molar-refractivity contribution >= 4 is 87.4 Å². The third-order valence-corrected chi connectivity index (χ3v) is 11.3. The Labute approximate surface area is 308 Å². The fraction of sp³-hybridized carbons (Fsp3) is 0. The molecular weight excluding hydrogens is 661 g/mol. The van der Waals surface area contributed by atoms with Gasteiger partial charge < -0.3 is 18.1 Å². The number of fused-ring (bicyclic) bond motifs is 12. The molecule has 0 aliphatic rings. The number of aromatic nitrogens is 3. The monoisotopic (exact) mass is 688 g/mol. The summed E-state index contributed by atoms with van der Waals surface area (Å²) in [7, 11) is 0. The summed E-state index contributed by atoms with van der Waals surface area (Å²) >= 11 is 0. The van der Waals surface area contributed by atoms with Crippen LogP contribution in [0.5, 0.6) is 0 Å². The normalized spacial score (nSPS) is 12.1. The molecule has 0 aliphatic heterocycles. The number of hydrogen-bond acceptors (Lipinski definition) is 2. The highest BCUT2D eigenvalue weighted by Gasteiger charge is 2.20. The first kappa shape index (κ1) is 29.1. The van der Waals surface area contributed by atoms with Crippen LogP contribution in [0, 0.1) is 11.3 Å². The number of nitrogens with zero attached hydrogens (tertiary/aromatic N) is 4. The lowest BCUT2D eigenvalue weighted by Crippen LogP contribution is -1.96. The molecule has 0 bridgehead atoms. The molecule has 0 saturated heterocycles. The average molecular weight is 689 g/mol. The molecule has 0 fully saturated rings. The van der Waals surface area contributed by atoms with Gasteiger partial charge in [0, 0.05) is 54.5 Å². The fourth-order valence-corrected chi connectivity index (χ4v) is 8.97. The summed E-state index contributed by atoms with van der Waals surface area (Å²) in [6, 6.07) is 62.4. The van der Waals surface area contributed by atoms with Gasteiger partial charge in [-0.05, 0) is 84.9 Å². The van der Waals surface area contributed by atoms with Crippen LogP contribution in [0.3, 0.4) is 0 Å². The third kappa shape index (κ3) is 3.86. The largest absolute Gasteiger partial charge is 0.454 e. The first-order valence-electron chi connectivity index (χ1n) is 18.2. The molecule has 250 valence electrons. The summed E-state index contributed by atoms with van der Waals surface area (Å²) in [5.74, 6) is 0. The van der Waals surface area contributed by atoms with E-state index in [1.165, 1.54) is 32.6 Å². The summed E-state index contributed by atoms with van der Waals surface area (Å²) in [5.41, 5.74) is 12.3. The zero-order valence-electron chi connectivity index (χ0n) is 28.9. The summed E-state index contributed by atoms with van der Waals surface area (Å²) in [6.45, 7) is 0. The maximum absolute atomic E-state index is 9.65. The average Bonchev–Trinajstić information content (AvgIpc) is 3.96. The zero-order valence-corrected chi connectivity index (χ0v) is 28.9. The minimum Gasteiger partial charge on any atom is -0.454 e. The molecule has 0 saturated carbocycles. The van der Waals surface area contributed by atoms with Crippen LogP contribution in [0.1, 0.15) is 5.56 Å². The van der Waals surface area contributed by atoms with Gasteiger partial charge in [0.05, 0.1) is 50.4 Å². The molecule has 54 heavy (non-hydrogen) atoms. The van der Waals surface area contributed by atoms with Gasteiger partial charge >= 0.3 is 0 Å².